The van der Waals surface area contributed by atoms with Crippen molar-refractivity contribution in [1.82, 2.24) is 15.3 Å². The molecule has 2 rings (SSSR count). The van der Waals surface area contributed by atoms with Gasteiger partial charge in [0.2, 0.25) is 12.3 Å². The van der Waals surface area contributed by atoms with Crippen LogP contribution in [0.5, 0.6) is 0 Å². The van der Waals surface area contributed by atoms with Crippen molar-refractivity contribution in [3.05, 3.63) is 10.4 Å². The molecule has 54 valence electrons. The summed E-state index contributed by atoms with van der Waals surface area (Å²) in [6.45, 7) is 0. The molecule has 0 unspecified atom stereocenters. The van der Waals surface area contributed by atoms with E-state index in [0.717, 1.165) is 0 Å². The monoisotopic (exact) mass is 149 g/mol. The molecule has 0 bridgehead atoms. The molecule has 1 aliphatic heterocycles. The summed E-state index contributed by atoms with van der Waals surface area (Å²) in [4.78, 5) is 20.5. The molecule has 3 N–H and O–H groups in total. The van der Waals surface area contributed by atoms with Gasteiger partial charge in [0.1, 0.15) is 0 Å². The lowest BCUT2D eigenvalue weighted by molar-refractivity contribution is 1.10. The number of rotatable bonds is 0. The third kappa shape index (κ3) is 0.759. The second-order valence-corrected chi connectivity index (χ2v) is 1.95. The summed E-state index contributed by atoms with van der Waals surface area (Å²) in [5, 5.41) is 3.59. The van der Waals surface area contributed by atoms with Crippen LogP contribution in [0.25, 0.3) is 0 Å². The number of nitrogens with two attached hydrogens (primary N) is 1. The number of anilines is 1. The van der Waals surface area contributed by atoms with Gasteiger partial charge in [0.25, 0.3) is 5.56 Å². The lowest BCUT2D eigenvalue weighted by Crippen LogP contribution is -2.10. The Hall–Kier alpha value is -1.85. The van der Waals surface area contributed by atoms with E-state index in [1.807, 2.05) is 0 Å². The minimum Gasteiger partial charge on any atom is -0.369 e. The Morgan fingerprint density at radius 2 is 2.36 bits per heavy atom. The molecule has 6 nitrogen and oxygen atoms in total. The van der Waals surface area contributed by atoms with Crippen LogP contribution >= 0.6 is 0 Å². The van der Waals surface area contributed by atoms with Crippen LogP contribution in [0.1, 0.15) is 0 Å². The van der Waals surface area contributed by atoms with Gasteiger partial charge in [-0.15, -0.1) is 0 Å². The van der Waals surface area contributed by atoms with E-state index in [1.54, 1.807) is 0 Å². The first-order chi connectivity index (χ1) is 5.27. The van der Waals surface area contributed by atoms with Crippen LogP contribution in [-0.4, -0.2) is 16.3 Å². The zero-order chi connectivity index (χ0) is 7.84. The van der Waals surface area contributed by atoms with Crippen LogP contribution in [0.4, 0.5) is 17.5 Å². The Labute approximate surface area is 61.2 Å². The Bertz CT molecular complexity index is 379. The third-order valence-electron chi connectivity index (χ3n) is 1.21. The highest BCUT2D eigenvalue weighted by atomic mass is 16.1. The standard InChI is InChI=1S/C5H3N5O/c6-5-9-3-2(4(11)10-5)7-1-8-3/h(H3,6,9,10,11). The maximum Gasteiger partial charge on any atom is 0.280 e. The van der Waals surface area contributed by atoms with Crippen molar-refractivity contribution < 1.29 is 0 Å². The average Bonchev–Trinajstić information content (AvgIpc) is 2.34. The van der Waals surface area contributed by atoms with Crippen LogP contribution < -0.4 is 16.6 Å². The minimum absolute atomic E-state index is 0.0383. The van der Waals surface area contributed by atoms with Gasteiger partial charge in [-0.05, 0) is 0 Å². The molecule has 11 heavy (non-hydrogen) atoms. The van der Waals surface area contributed by atoms with Crippen molar-refractivity contribution in [2.24, 2.45) is 4.99 Å². The molecular weight excluding hydrogens is 146 g/mol. The smallest absolute Gasteiger partial charge is 0.280 e. The molecule has 1 aromatic heterocycles. The molecular formula is C5H3N5O. The number of H-pyrrole nitrogens is 1. The predicted octanol–water partition coefficient (Wildman–Crippen LogP) is -0.862. The van der Waals surface area contributed by atoms with E-state index < -0.39 is 0 Å². The van der Waals surface area contributed by atoms with Crippen molar-refractivity contribution in [3.8, 4) is 0 Å². The van der Waals surface area contributed by atoms with E-state index in [0.29, 0.717) is 0 Å². The number of aromatic nitrogens is 2. The second-order valence-electron chi connectivity index (χ2n) is 1.95. The van der Waals surface area contributed by atoms with Crippen LogP contribution in [-0.2, 0) is 0 Å². The highest BCUT2D eigenvalue weighted by Gasteiger charge is 2.14. The molecule has 1 aliphatic rings. The summed E-state index contributed by atoms with van der Waals surface area (Å²) in [6, 6.07) is 0. The van der Waals surface area contributed by atoms with E-state index in [4.69, 9.17) is 5.73 Å². The molecule has 0 saturated carbocycles. The minimum atomic E-state index is -0.388. The number of aliphatic imine (C=N–C) groups is 1. The third-order valence-corrected chi connectivity index (χ3v) is 1.21. The SMILES string of the molecule is Nc1nc2c(c(=O)[nH]1)N=[C][N]2. The molecule has 0 amide bonds. The molecule has 0 atom stereocenters. The zero-order valence-corrected chi connectivity index (χ0v) is 5.33. The number of nitrogens with zero attached hydrogens (tertiary/aromatic N) is 3. The van der Waals surface area contributed by atoms with Gasteiger partial charge >= 0.3 is 0 Å². The molecule has 0 spiro atoms. The van der Waals surface area contributed by atoms with Crippen LogP contribution in [0.2, 0.25) is 0 Å². The largest absolute Gasteiger partial charge is 0.369 e. The lowest BCUT2D eigenvalue weighted by atomic mass is 10.5. The Morgan fingerprint density at radius 1 is 1.55 bits per heavy atom. The van der Waals surface area contributed by atoms with Crippen molar-refractivity contribution in [2.45, 2.75) is 0 Å². The molecule has 6 heteroatoms. The summed E-state index contributed by atoms with van der Waals surface area (Å²) < 4.78 is 0. The Morgan fingerprint density at radius 3 is 3.18 bits per heavy atom. The summed E-state index contributed by atoms with van der Waals surface area (Å²) in [7, 11) is 0. The molecule has 1 aromatic rings. The molecule has 0 saturated heterocycles. The van der Waals surface area contributed by atoms with E-state index in [2.05, 4.69) is 26.6 Å². The highest BCUT2D eigenvalue weighted by molar-refractivity contribution is 5.78. The topological polar surface area (TPSA) is 98.2 Å². The van der Waals surface area contributed by atoms with Gasteiger partial charge in [0, 0.05) is 0 Å². The highest BCUT2D eigenvalue weighted by Crippen LogP contribution is 2.20. The summed E-state index contributed by atoms with van der Waals surface area (Å²) in [5.41, 5.74) is 5.01. The summed E-state index contributed by atoms with van der Waals surface area (Å²) >= 11 is 0. The van der Waals surface area contributed by atoms with Crippen molar-refractivity contribution in [3.63, 3.8) is 0 Å². The Balaban J connectivity index is 2.77. The van der Waals surface area contributed by atoms with Crippen LogP contribution in [0.15, 0.2) is 9.79 Å². The maximum atomic E-state index is 11.0. The quantitative estimate of drug-likeness (QED) is 0.502. The van der Waals surface area contributed by atoms with Crippen LogP contribution in [0, 0.1) is 0 Å². The molecule has 2 radical (unpaired) electrons. The van der Waals surface area contributed by atoms with E-state index in [1.165, 1.54) is 0 Å². The first kappa shape index (κ1) is 5.90. The normalized spacial score (nSPS) is 12.7. The predicted molar refractivity (Wildman–Crippen MR) is 38.2 cm³/mol. The fourth-order valence-electron chi connectivity index (χ4n) is 0.773. The van der Waals surface area contributed by atoms with Gasteiger partial charge in [0.05, 0.1) is 0 Å². The van der Waals surface area contributed by atoms with Gasteiger partial charge in [-0.25, -0.2) is 10.3 Å². The Kier molecular flexibility index (Phi) is 0.974. The van der Waals surface area contributed by atoms with E-state index >= 15 is 0 Å². The van der Waals surface area contributed by atoms with Crippen molar-refractivity contribution in [2.75, 3.05) is 5.73 Å². The van der Waals surface area contributed by atoms with E-state index in [9.17, 15) is 4.79 Å². The van der Waals surface area contributed by atoms with Gasteiger partial charge < -0.3 is 5.73 Å². The molecule has 2 heterocycles. The second kappa shape index (κ2) is 1.82. The first-order valence-electron chi connectivity index (χ1n) is 2.83. The van der Waals surface area contributed by atoms with Gasteiger partial charge in [0.15, 0.2) is 11.5 Å². The van der Waals surface area contributed by atoms with Gasteiger partial charge in [-0.2, -0.15) is 4.98 Å². The number of nitrogens with one attached hydrogen (secondary N) is 1. The molecule has 0 fully saturated rings. The van der Waals surface area contributed by atoms with Crippen LogP contribution in [0.3, 0.4) is 0 Å². The molecule has 0 aliphatic carbocycles. The van der Waals surface area contributed by atoms with Crippen molar-refractivity contribution >= 4 is 23.8 Å². The van der Waals surface area contributed by atoms with E-state index in [-0.39, 0.29) is 23.0 Å². The van der Waals surface area contributed by atoms with Gasteiger partial charge in [-0.3, -0.25) is 9.78 Å². The van der Waals surface area contributed by atoms with Gasteiger partial charge in [-0.1, -0.05) is 0 Å². The number of hydrogen-bond acceptors (Lipinski definition) is 4. The number of hydrogen-bond donors (Lipinski definition) is 2. The lowest BCUT2D eigenvalue weighted by Gasteiger charge is -1.94. The molecule has 0 aromatic carbocycles. The maximum absolute atomic E-state index is 11.0. The number of fused-ring (bicyclic) bond motifs is 1. The fraction of sp³-hybridized carbons (Fsp3) is 0. The average molecular weight is 149 g/mol. The fourth-order valence-corrected chi connectivity index (χ4v) is 0.773. The summed E-state index contributed by atoms with van der Waals surface area (Å²) in [5.74, 6) is 0.266. The zero-order valence-electron chi connectivity index (χ0n) is 5.33. The van der Waals surface area contributed by atoms with Crippen molar-refractivity contribution in [1.29, 1.82) is 0 Å². The first-order valence-corrected chi connectivity index (χ1v) is 2.83. The number of nitrogen functional groups attached to an aromatic ring is 1. The summed E-state index contributed by atoms with van der Waals surface area (Å²) in [6.07, 6.45) is 2.27. The number of aromatic amines is 1.